The predicted octanol–water partition coefficient (Wildman–Crippen LogP) is 4.78. The third-order valence-corrected chi connectivity index (χ3v) is 7.54. The van der Waals surface area contributed by atoms with Crippen molar-refractivity contribution in [2.24, 2.45) is 17.8 Å². The maximum atomic E-state index is 13.3. The van der Waals surface area contributed by atoms with Crippen LogP contribution in [-0.4, -0.2) is 39.3 Å². The molecule has 3 rings (SSSR count). The van der Waals surface area contributed by atoms with Crippen LogP contribution in [0.1, 0.15) is 64.2 Å². The molecule has 0 saturated carbocycles. The third-order valence-electron chi connectivity index (χ3n) is 6.16. The van der Waals surface area contributed by atoms with E-state index in [1.807, 2.05) is 19.9 Å². The second-order valence-electron chi connectivity index (χ2n) is 9.84. The molecule has 0 spiro atoms. The van der Waals surface area contributed by atoms with Crippen LogP contribution in [0.2, 0.25) is 0 Å². The summed E-state index contributed by atoms with van der Waals surface area (Å²) in [5.41, 5.74) is 1.31. The van der Waals surface area contributed by atoms with Crippen LogP contribution < -0.4 is 10.5 Å². The molecule has 8 heteroatoms. The number of rotatable bonds is 6. The standard InChI is InChI=1S/C25H34N4O2S2/c1-7-8-28-22(27-13-16(4)9-17(5)14-27)19(18(6)20(11-26)23(28)30)10-21-24(31)29(12-15(2)3)25(32)33-21/h10,15-17H,7-9,12-14H2,1-6H3/b21-10-. The lowest BCUT2D eigenvalue weighted by molar-refractivity contribution is -0.122. The first-order chi connectivity index (χ1) is 15.6. The molecule has 2 fully saturated rings. The van der Waals surface area contributed by atoms with Gasteiger partial charge in [0, 0.05) is 31.7 Å². The number of nitriles is 1. The minimum absolute atomic E-state index is 0.101. The number of aromatic nitrogens is 1. The Morgan fingerprint density at radius 1 is 1.24 bits per heavy atom. The van der Waals surface area contributed by atoms with Crippen LogP contribution in [0.3, 0.4) is 0 Å². The lowest BCUT2D eigenvalue weighted by Crippen LogP contribution is -2.43. The summed E-state index contributed by atoms with van der Waals surface area (Å²) in [6.45, 7) is 15.2. The molecule has 2 saturated heterocycles. The Morgan fingerprint density at radius 3 is 2.42 bits per heavy atom. The Bertz CT molecular complexity index is 1070. The zero-order valence-corrected chi connectivity index (χ0v) is 22.1. The Balaban J connectivity index is 2.24. The van der Waals surface area contributed by atoms with E-state index >= 15 is 0 Å². The minimum Gasteiger partial charge on any atom is -0.357 e. The number of hydrogen-bond acceptors (Lipinski definition) is 6. The summed E-state index contributed by atoms with van der Waals surface area (Å²) in [5, 5.41) is 9.80. The second kappa shape index (κ2) is 10.4. The van der Waals surface area contributed by atoms with Gasteiger partial charge in [-0.25, -0.2) is 0 Å². The van der Waals surface area contributed by atoms with E-state index in [0.717, 1.165) is 37.3 Å². The Labute approximate surface area is 206 Å². The number of carbonyl (C=O) groups excluding carboxylic acids is 1. The fourth-order valence-corrected chi connectivity index (χ4v) is 6.16. The van der Waals surface area contributed by atoms with Gasteiger partial charge in [-0.05, 0) is 49.2 Å². The normalized spacial score (nSPS) is 22.5. The lowest BCUT2D eigenvalue weighted by Gasteiger charge is -2.39. The molecule has 1 aromatic heterocycles. The van der Waals surface area contributed by atoms with Crippen molar-refractivity contribution in [3.8, 4) is 6.07 Å². The average Bonchev–Trinajstić information content (AvgIpc) is 2.98. The summed E-state index contributed by atoms with van der Waals surface area (Å²) < 4.78 is 2.30. The van der Waals surface area contributed by atoms with Gasteiger partial charge in [-0.1, -0.05) is 58.6 Å². The smallest absolute Gasteiger partial charge is 0.270 e. The van der Waals surface area contributed by atoms with Crippen LogP contribution in [0.4, 0.5) is 5.82 Å². The first kappa shape index (κ1) is 25.5. The molecular weight excluding hydrogens is 452 g/mol. The molecule has 2 aliphatic heterocycles. The third kappa shape index (κ3) is 5.20. The number of carbonyl (C=O) groups is 1. The Hall–Kier alpha value is -2.11. The van der Waals surface area contributed by atoms with Gasteiger partial charge < -0.3 is 4.90 Å². The molecule has 0 N–H and O–H groups in total. The van der Waals surface area contributed by atoms with Crippen molar-refractivity contribution < 1.29 is 4.79 Å². The van der Waals surface area contributed by atoms with Crippen molar-refractivity contribution >= 4 is 46.1 Å². The maximum absolute atomic E-state index is 13.3. The van der Waals surface area contributed by atoms with Crippen molar-refractivity contribution in [2.75, 3.05) is 24.5 Å². The average molecular weight is 487 g/mol. The number of amides is 1. The molecule has 178 valence electrons. The number of hydrogen-bond donors (Lipinski definition) is 0. The largest absolute Gasteiger partial charge is 0.357 e. The van der Waals surface area contributed by atoms with Crippen molar-refractivity contribution in [3.63, 3.8) is 0 Å². The monoisotopic (exact) mass is 486 g/mol. The highest BCUT2D eigenvalue weighted by Crippen LogP contribution is 2.37. The molecular formula is C25H34N4O2S2. The van der Waals surface area contributed by atoms with Crippen molar-refractivity contribution in [1.82, 2.24) is 9.47 Å². The van der Waals surface area contributed by atoms with E-state index in [9.17, 15) is 14.9 Å². The first-order valence-corrected chi connectivity index (χ1v) is 13.0. The van der Waals surface area contributed by atoms with Crippen molar-refractivity contribution in [3.05, 3.63) is 31.9 Å². The van der Waals surface area contributed by atoms with Crippen molar-refractivity contribution in [1.29, 1.82) is 5.26 Å². The SMILES string of the molecule is CCCn1c(N2CC(C)CC(C)C2)c(/C=C2\SC(=S)N(CC(C)C)C2=O)c(C)c(C#N)c1=O. The van der Waals surface area contributed by atoms with Crippen LogP contribution in [0, 0.1) is 36.0 Å². The van der Waals surface area contributed by atoms with Gasteiger partial charge in [-0.3, -0.25) is 19.1 Å². The summed E-state index contributed by atoms with van der Waals surface area (Å²) in [6, 6.07) is 2.12. The fraction of sp³-hybridized carbons (Fsp3) is 0.600. The van der Waals surface area contributed by atoms with Crippen LogP contribution in [0.25, 0.3) is 6.08 Å². The van der Waals surface area contributed by atoms with Crippen LogP contribution in [0.15, 0.2) is 9.70 Å². The van der Waals surface area contributed by atoms with E-state index in [1.165, 1.54) is 11.8 Å². The van der Waals surface area contributed by atoms with Gasteiger partial charge in [0.15, 0.2) is 0 Å². The van der Waals surface area contributed by atoms with Crippen LogP contribution in [0.5, 0.6) is 0 Å². The van der Waals surface area contributed by atoms with Gasteiger partial charge in [0.1, 0.15) is 21.8 Å². The summed E-state index contributed by atoms with van der Waals surface area (Å²) >= 11 is 6.80. The topological polar surface area (TPSA) is 69.3 Å². The molecule has 0 aromatic carbocycles. The number of thiocarbonyl (C=S) groups is 1. The Morgan fingerprint density at radius 2 is 1.88 bits per heavy atom. The van der Waals surface area contributed by atoms with E-state index in [-0.39, 0.29) is 17.0 Å². The van der Waals surface area contributed by atoms with Gasteiger partial charge in [0.2, 0.25) is 0 Å². The second-order valence-corrected chi connectivity index (χ2v) is 11.5. The number of piperidine rings is 1. The molecule has 2 unspecified atom stereocenters. The lowest BCUT2D eigenvalue weighted by atomic mass is 9.91. The first-order valence-electron chi connectivity index (χ1n) is 11.8. The van der Waals surface area contributed by atoms with Gasteiger partial charge >= 0.3 is 0 Å². The number of thioether (sulfide) groups is 1. The highest BCUT2D eigenvalue weighted by atomic mass is 32.2. The zero-order valence-electron chi connectivity index (χ0n) is 20.5. The van der Waals surface area contributed by atoms with E-state index in [4.69, 9.17) is 12.2 Å². The molecule has 0 radical (unpaired) electrons. The quantitative estimate of drug-likeness (QED) is 0.426. The zero-order chi connectivity index (χ0) is 24.4. The van der Waals surface area contributed by atoms with Crippen LogP contribution in [-0.2, 0) is 11.3 Å². The molecule has 2 atom stereocenters. The van der Waals surface area contributed by atoms with E-state index in [2.05, 4.69) is 38.7 Å². The van der Waals surface area contributed by atoms with Crippen LogP contribution >= 0.6 is 24.0 Å². The molecule has 0 aliphatic carbocycles. The van der Waals surface area contributed by atoms with Gasteiger partial charge in [-0.2, -0.15) is 5.26 Å². The Kier molecular flexibility index (Phi) is 8.07. The molecule has 33 heavy (non-hydrogen) atoms. The van der Waals surface area contributed by atoms with Gasteiger partial charge in [0.05, 0.1) is 4.91 Å². The maximum Gasteiger partial charge on any atom is 0.270 e. The molecule has 6 nitrogen and oxygen atoms in total. The van der Waals surface area contributed by atoms with E-state index in [0.29, 0.717) is 45.6 Å². The predicted molar refractivity (Wildman–Crippen MR) is 140 cm³/mol. The van der Waals surface area contributed by atoms with E-state index in [1.54, 1.807) is 9.47 Å². The molecule has 1 amide bonds. The number of anilines is 1. The summed E-state index contributed by atoms with van der Waals surface area (Å²) in [7, 11) is 0. The summed E-state index contributed by atoms with van der Waals surface area (Å²) in [4.78, 5) is 31.0. The molecule has 0 bridgehead atoms. The number of nitrogens with zero attached hydrogens (tertiary/aromatic N) is 4. The van der Waals surface area contributed by atoms with Crippen molar-refractivity contribution in [2.45, 2.75) is 60.9 Å². The van der Waals surface area contributed by atoms with Gasteiger partial charge in [0.25, 0.3) is 11.5 Å². The van der Waals surface area contributed by atoms with E-state index < -0.39 is 0 Å². The molecule has 2 aliphatic rings. The number of pyridine rings is 1. The fourth-order valence-electron chi connectivity index (χ4n) is 4.91. The molecule has 3 heterocycles. The highest BCUT2D eigenvalue weighted by molar-refractivity contribution is 8.26. The molecule has 1 aromatic rings. The highest BCUT2D eigenvalue weighted by Gasteiger charge is 2.34. The summed E-state index contributed by atoms with van der Waals surface area (Å²) in [6.07, 6.45) is 3.78. The summed E-state index contributed by atoms with van der Waals surface area (Å²) in [5.74, 6) is 2.01. The van der Waals surface area contributed by atoms with Gasteiger partial charge in [-0.15, -0.1) is 0 Å². The minimum atomic E-state index is -0.248.